The van der Waals surface area contributed by atoms with Crippen molar-refractivity contribution in [1.29, 1.82) is 5.41 Å². The number of anilines is 2. The lowest BCUT2D eigenvalue weighted by Gasteiger charge is -2.21. The zero-order chi connectivity index (χ0) is 24.1. The number of benzene rings is 2. The molecule has 0 heterocycles. The lowest BCUT2D eigenvalue weighted by Crippen LogP contribution is -2.38. The van der Waals surface area contributed by atoms with Crippen molar-refractivity contribution >= 4 is 50.6 Å². The van der Waals surface area contributed by atoms with E-state index in [0.29, 0.717) is 12.1 Å². The van der Waals surface area contributed by atoms with Gasteiger partial charge in [-0.1, -0.05) is 23.7 Å². The summed E-state index contributed by atoms with van der Waals surface area (Å²) in [6.07, 6.45) is 0.920. The number of halogens is 1. The van der Waals surface area contributed by atoms with Gasteiger partial charge in [-0.2, -0.15) is 0 Å². The van der Waals surface area contributed by atoms with Gasteiger partial charge in [0.2, 0.25) is 15.9 Å². The largest absolute Gasteiger partial charge is 0.385 e. The fourth-order valence-electron chi connectivity index (χ4n) is 2.92. The second kappa shape index (κ2) is 10.3. The molecule has 0 spiro atoms. The lowest BCUT2D eigenvalue weighted by atomic mass is 10.1. The Bertz CT molecular complexity index is 1150. The average molecular weight is 481 g/mol. The number of primary amides is 1. The van der Waals surface area contributed by atoms with Crippen molar-refractivity contribution in [2.24, 2.45) is 11.5 Å². The van der Waals surface area contributed by atoms with Crippen molar-refractivity contribution in [2.75, 3.05) is 29.0 Å². The molecule has 0 saturated heterocycles. The summed E-state index contributed by atoms with van der Waals surface area (Å²) < 4.78 is 25.0. The molecule has 10 nitrogen and oxygen atoms in total. The molecule has 0 aromatic heterocycles. The molecule has 0 aliphatic rings. The van der Waals surface area contributed by atoms with Crippen LogP contribution in [-0.2, 0) is 21.4 Å². The van der Waals surface area contributed by atoms with Crippen LogP contribution >= 0.6 is 11.6 Å². The zero-order valence-corrected chi connectivity index (χ0v) is 19.2. The Morgan fingerprint density at radius 1 is 1.12 bits per heavy atom. The van der Waals surface area contributed by atoms with Crippen LogP contribution in [-0.4, -0.2) is 45.4 Å². The van der Waals surface area contributed by atoms with Crippen molar-refractivity contribution in [3.8, 4) is 0 Å². The molecular formula is C20H25ClN6O4S. The molecule has 0 aliphatic heterocycles. The van der Waals surface area contributed by atoms with Crippen molar-refractivity contribution in [3.63, 3.8) is 0 Å². The maximum atomic E-state index is 12.8. The van der Waals surface area contributed by atoms with Crippen LogP contribution in [0.15, 0.2) is 36.4 Å². The van der Waals surface area contributed by atoms with E-state index in [1.807, 2.05) is 6.92 Å². The molecule has 0 saturated carbocycles. The number of sulfonamides is 1. The van der Waals surface area contributed by atoms with Gasteiger partial charge in [-0.05, 0) is 36.8 Å². The number of nitrogens with one attached hydrogen (secondary N) is 3. The Kier molecular flexibility index (Phi) is 8.06. The van der Waals surface area contributed by atoms with Crippen LogP contribution in [0.3, 0.4) is 0 Å². The second-order valence-corrected chi connectivity index (χ2v) is 9.28. The number of nitrogen functional groups attached to an aromatic ring is 1. The molecular weight excluding hydrogens is 456 g/mol. The fraction of sp³-hybridized carbons (Fsp3) is 0.250. The Morgan fingerprint density at radius 3 is 2.38 bits per heavy atom. The van der Waals surface area contributed by atoms with Crippen LogP contribution in [0.25, 0.3) is 0 Å². The molecule has 7 N–H and O–H groups in total. The number of nitrogens with two attached hydrogens (primary N) is 2. The standard InChI is InChI=1S/C20H25ClN6O4S/c1-3-25-17-8-12(19(23)24)4-5-13(17)10-26-20(29)14-6-15(21)9-16(7-14)27(11-18(22)28)32(2,30)31/h4-9,25H,3,10-11H2,1-2H3,(H2,22,28)(H3,23,24)(H,26,29). The summed E-state index contributed by atoms with van der Waals surface area (Å²) >= 11 is 6.10. The van der Waals surface area contributed by atoms with Gasteiger partial charge in [-0.3, -0.25) is 19.3 Å². The highest BCUT2D eigenvalue weighted by atomic mass is 35.5. The van der Waals surface area contributed by atoms with Crippen LogP contribution in [0.2, 0.25) is 5.02 Å². The summed E-state index contributed by atoms with van der Waals surface area (Å²) in [7, 11) is -3.84. The predicted octanol–water partition coefficient (Wildman–Crippen LogP) is 1.24. The molecule has 0 atom stereocenters. The van der Waals surface area contributed by atoms with Gasteiger partial charge in [0, 0.05) is 34.9 Å². The van der Waals surface area contributed by atoms with Crippen LogP contribution in [0, 0.1) is 5.41 Å². The average Bonchev–Trinajstić information content (AvgIpc) is 2.69. The van der Waals surface area contributed by atoms with Crippen LogP contribution in [0.1, 0.15) is 28.4 Å². The van der Waals surface area contributed by atoms with E-state index >= 15 is 0 Å². The molecule has 2 aromatic carbocycles. The van der Waals surface area contributed by atoms with Crippen LogP contribution < -0.4 is 26.4 Å². The highest BCUT2D eigenvalue weighted by molar-refractivity contribution is 7.92. The van der Waals surface area contributed by atoms with Crippen molar-refractivity contribution in [2.45, 2.75) is 13.5 Å². The van der Waals surface area contributed by atoms with Gasteiger partial charge in [0.1, 0.15) is 12.4 Å². The van der Waals surface area contributed by atoms with Crippen LogP contribution in [0.4, 0.5) is 11.4 Å². The third kappa shape index (κ3) is 6.59. The molecule has 0 unspecified atom stereocenters. The topological polar surface area (TPSA) is 171 Å². The summed E-state index contributed by atoms with van der Waals surface area (Å²) in [6, 6.07) is 9.17. The number of amides is 2. The van der Waals surface area contributed by atoms with E-state index in [1.54, 1.807) is 18.2 Å². The number of nitrogens with zero attached hydrogens (tertiary/aromatic N) is 1. The first-order valence-corrected chi connectivity index (χ1v) is 11.7. The smallest absolute Gasteiger partial charge is 0.251 e. The first kappa shape index (κ1) is 25.0. The Labute approximate surface area is 191 Å². The molecule has 172 valence electrons. The van der Waals surface area contributed by atoms with E-state index in [0.717, 1.165) is 21.8 Å². The minimum atomic E-state index is -3.84. The Morgan fingerprint density at radius 2 is 1.81 bits per heavy atom. The summed E-state index contributed by atoms with van der Waals surface area (Å²) in [6.45, 7) is 2.10. The van der Waals surface area contributed by atoms with E-state index < -0.39 is 28.4 Å². The highest BCUT2D eigenvalue weighted by Crippen LogP contribution is 2.25. The van der Waals surface area contributed by atoms with Gasteiger partial charge < -0.3 is 22.1 Å². The lowest BCUT2D eigenvalue weighted by molar-refractivity contribution is -0.116. The predicted molar refractivity (Wildman–Crippen MR) is 126 cm³/mol. The molecule has 2 aromatic rings. The van der Waals surface area contributed by atoms with Crippen molar-refractivity contribution in [1.82, 2.24) is 5.32 Å². The van der Waals surface area contributed by atoms with E-state index in [4.69, 9.17) is 28.5 Å². The minimum Gasteiger partial charge on any atom is -0.385 e. The summed E-state index contributed by atoms with van der Waals surface area (Å²) in [4.78, 5) is 24.1. The normalized spacial score (nSPS) is 11.0. The number of amidine groups is 1. The van der Waals surface area contributed by atoms with Crippen LogP contribution in [0.5, 0.6) is 0 Å². The van der Waals surface area contributed by atoms with Gasteiger partial charge in [0.05, 0.1) is 11.9 Å². The van der Waals surface area contributed by atoms with E-state index in [-0.39, 0.29) is 28.7 Å². The molecule has 12 heteroatoms. The quantitative estimate of drug-likeness (QED) is 0.253. The monoisotopic (exact) mass is 480 g/mol. The number of hydrogen-bond donors (Lipinski definition) is 5. The van der Waals surface area contributed by atoms with Gasteiger partial charge in [-0.25, -0.2) is 8.42 Å². The number of hydrogen-bond acceptors (Lipinski definition) is 6. The second-order valence-electron chi connectivity index (χ2n) is 6.93. The Balaban J connectivity index is 2.29. The molecule has 32 heavy (non-hydrogen) atoms. The third-order valence-corrected chi connectivity index (χ3v) is 5.72. The summed E-state index contributed by atoms with van der Waals surface area (Å²) in [5, 5.41) is 13.6. The van der Waals surface area contributed by atoms with Crippen molar-refractivity contribution in [3.05, 3.63) is 58.1 Å². The first-order valence-electron chi connectivity index (χ1n) is 9.48. The minimum absolute atomic E-state index is 0.0445. The van der Waals surface area contributed by atoms with Gasteiger partial charge in [-0.15, -0.1) is 0 Å². The maximum absolute atomic E-state index is 12.8. The van der Waals surface area contributed by atoms with Gasteiger partial charge in [0.15, 0.2) is 0 Å². The van der Waals surface area contributed by atoms with Gasteiger partial charge in [0.25, 0.3) is 5.91 Å². The first-order chi connectivity index (χ1) is 14.9. The number of carbonyl (C=O) groups is 2. The summed E-state index contributed by atoms with van der Waals surface area (Å²) in [5.74, 6) is -1.43. The SMILES string of the molecule is CCNc1cc(C(=N)N)ccc1CNC(=O)c1cc(Cl)cc(N(CC(N)=O)S(C)(=O)=O)c1. The molecule has 0 bridgehead atoms. The Hall–Kier alpha value is -3.31. The molecule has 0 radical (unpaired) electrons. The molecule has 0 fully saturated rings. The fourth-order valence-corrected chi connectivity index (χ4v) is 4.00. The zero-order valence-electron chi connectivity index (χ0n) is 17.6. The molecule has 2 rings (SSSR count). The summed E-state index contributed by atoms with van der Waals surface area (Å²) in [5.41, 5.74) is 12.9. The number of rotatable bonds is 10. The number of carbonyl (C=O) groups excluding carboxylic acids is 2. The maximum Gasteiger partial charge on any atom is 0.251 e. The molecule has 0 aliphatic carbocycles. The highest BCUT2D eigenvalue weighted by Gasteiger charge is 2.21. The van der Waals surface area contributed by atoms with E-state index in [2.05, 4.69) is 10.6 Å². The third-order valence-electron chi connectivity index (χ3n) is 4.36. The molecule has 2 amide bonds. The van der Waals surface area contributed by atoms with E-state index in [9.17, 15) is 18.0 Å². The van der Waals surface area contributed by atoms with Gasteiger partial charge >= 0.3 is 0 Å². The van der Waals surface area contributed by atoms with E-state index in [1.165, 1.54) is 18.2 Å². The van der Waals surface area contributed by atoms with Crippen molar-refractivity contribution < 1.29 is 18.0 Å².